The normalized spacial score (nSPS) is 15.2. The summed E-state index contributed by atoms with van der Waals surface area (Å²) in [6.07, 6.45) is 1.46. The molecule has 0 aliphatic heterocycles. The molecule has 6 nitrogen and oxygen atoms in total. The first-order valence-electron chi connectivity index (χ1n) is 11.0. The number of carbonyl (C=O) groups is 2. The molecule has 0 fully saturated rings. The number of esters is 1. The Balaban J connectivity index is 1.54. The maximum absolute atomic E-state index is 14.1. The van der Waals surface area contributed by atoms with Gasteiger partial charge in [0.25, 0.3) is 0 Å². The maximum Gasteiger partial charge on any atom is 0.410 e. The van der Waals surface area contributed by atoms with E-state index in [0.717, 1.165) is 27.7 Å². The summed E-state index contributed by atoms with van der Waals surface area (Å²) in [4.78, 5) is 26.5. The molecule has 0 unspecified atom stereocenters. The van der Waals surface area contributed by atoms with Gasteiger partial charge in [-0.2, -0.15) is 0 Å². The van der Waals surface area contributed by atoms with Gasteiger partial charge >= 0.3 is 12.1 Å². The molecule has 4 rings (SSSR count). The number of hydrogen-bond acceptors (Lipinski definition) is 4. The van der Waals surface area contributed by atoms with Crippen molar-refractivity contribution in [2.45, 2.75) is 45.4 Å². The van der Waals surface area contributed by atoms with Crippen LogP contribution in [0, 0.1) is 5.82 Å². The number of ether oxygens (including phenoxy) is 2. The van der Waals surface area contributed by atoms with E-state index in [1.54, 1.807) is 31.0 Å². The number of amides is 1. The molecule has 0 bridgehead atoms. The number of halogens is 2. The summed E-state index contributed by atoms with van der Waals surface area (Å²) in [6, 6.07) is 11.7. The predicted molar refractivity (Wildman–Crippen MR) is 124 cm³/mol. The Morgan fingerprint density at radius 1 is 1.21 bits per heavy atom. The van der Waals surface area contributed by atoms with Gasteiger partial charge in [-0.15, -0.1) is 0 Å². The molecule has 0 saturated carbocycles. The Hall–Kier alpha value is -3.06. The molecule has 1 aliphatic carbocycles. The molecular weight excluding hydrogens is 447 g/mol. The summed E-state index contributed by atoms with van der Waals surface area (Å²) in [6.45, 7) is 2.23. The summed E-state index contributed by atoms with van der Waals surface area (Å²) in [5.41, 5.74) is 3.47. The predicted octanol–water partition coefficient (Wildman–Crippen LogP) is 5.12. The molecule has 1 heterocycles. The zero-order chi connectivity index (χ0) is 23.5. The Morgan fingerprint density at radius 2 is 2.00 bits per heavy atom. The molecule has 1 amide bonds. The zero-order valence-electron chi connectivity index (χ0n) is 18.6. The van der Waals surface area contributed by atoms with E-state index in [9.17, 15) is 14.0 Å². The van der Waals surface area contributed by atoms with Crippen molar-refractivity contribution in [2.24, 2.45) is 0 Å². The highest BCUT2D eigenvalue weighted by Gasteiger charge is 2.31. The Kier molecular flexibility index (Phi) is 6.88. The van der Waals surface area contributed by atoms with Crippen LogP contribution in [-0.4, -0.2) is 41.2 Å². The van der Waals surface area contributed by atoms with Gasteiger partial charge in [0.05, 0.1) is 6.61 Å². The van der Waals surface area contributed by atoms with Crippen LogP contribution in [0.15, 0.2) is 42.5 Å². The van der Waals surface area contributed by atoms with Crippen molar-refractivity contribution in [3.63, 3.8) is 0 Å². The minimum Gasteiger partial charge on any atom is -0.465 e. The van der Waals surface area contributed by atoms with Crippen molar-refractivity contribution in [3.8, 4) is 0 Å². The third-order valence-electron chi connectivity index (χ3n) is 6.14. The number of nitrogens with zero attached hydrogens (tertiary/aromatic N) is 2. The molecular formula is C25H26ClFN2O4. The van der Waals surface area contributed by atoms with Crippen LogP contribution in [0.3, 0.4) is 0 Å². The van der Waals surface area contributed by atoms with E-state index in [1.807, 2.05) is 22.8 Å². The first-order valence-corrected chi connectivity index (χ1v) is 11.3. The van der Waals surface area contributed by atoms with Crippen LogP contribution >= 0.6 is 11.6 Å². The van der Waals surface area contributed by atoms with Gasteiger partial charge in [-0.3, -0.25) is 4.79 Å². The fraction of sp³-hybridized carbons (Fsp3) is 0.360. The van der Waals surface area contributed by atoms with E-state index in [2.05, 4.69) is 0 Å². The second-order valence-electron chi connectivity index (χ2n) is 8.13. The molecule has 1 atom stereocenters. The largest absolute Gasteiger partial charge is 0.465 e. The van der Waals surface area contributed by atoms with Gasteiger partial charge in [-0.25, -0.2) is 9.18 Å². The molecule has 2 aromatic carbocycles. The molecule has 1 aromatic heterocycles. The van der Waals surface area contributed by atoms with Crippen LogP contribution in [0.5, 0.6) is 0 Å². The van der Waals surface area contributed by atoms with Gasteiger partial charge < -0.3 is 18.9 Å². The summed E-state index contributed by atoms with van der Waals surface area (Å²) in [7, 11) is 1.71. The van der Waals surface area contributed by atoms with Gasteiger partial charge in [0.1, 0.15) is 19.0 Å². The molecule has 8 heteroatoms. The number of likely N-dealkylation sites (N-methyl/N-ethyl adjacent to an activating group) is 1. The quantitative estimate of drug-likeness (QED) is 0.467. The van der Waals surface area contributed by atoms with Crippen molar-refractivity contribution >= 4 is 34.6 Å². The number of carbonyl (C=O) groups excluding carboxylic acids is 2. The first-order chi connectivity index (χ1) is 15.9. The van der Waals surface area contributed by atoms with Crippen LogP contribution in [0.4, 0.5) is 9.18 Å². The zero-order valence-corrected chi connectivity index (χ0v) is 19.4. The highest BCUT2D eigenvalue weighted by molar-refractivity contribution is 6.31. The third kappa shape index (κ3) is 4.83. The summed E-state index contributed by atoms with van der Waals surface area (Å²) in [5.74, 6) is -0.669. The molecule has 0 radical (unpaired) electrons. The van der Waals surface area contributed by atoms with Gasteiger partial charge in [0.15, 0.2) is 0 Å². The lowest BCUT2D eigenvalue weighted by Crippen LogP contribution is -2.41. The summed E-state index contributed by atoms with van der Waals surface area (Å²) >= 11 is 6.15. The van der Waals surface area contributed by atoms with Crippen molar-refractivity contribution in [2.75, 3.05) is 13.7 Å². The SMILES string of the molecule is CCOC(=O)Cn1c2c(c3cc(F)ccc31)C[C@@H](N(C)C(=O)OCc1ccccc1Cl)CC2. The first kappa shape index (κ1) is 23.1. The van der Waals surface area contributed by atoms with Crippen molar-refractivity contribution in [3.05, 3.63) is 70.1 Å². The van der Waals surface area contributed by atoms with Gasteiger partial charge in [0, 0.05) is 40.3 Å². The molecule has 0 spiro atoms. The monoisotopic (exact) mass is 472 g/mol. The molecule has 0 N–H and O–H groups in total. The van der Waals surface area contributed by atoms with Crippen LogP contribution in [0.1, 0.15) is 30.2 Å². The van der Waals surface area contributed by atoms with E-state index in [4.69, 9.17) is 21.1 Å². The fourth-order valence-electron chi connectivity index (χ4n) is 4.46. The minimum atomic E-state index is -0.440. The Bertz CT molecular complexity index is 1190. The number of rotatable bonds is 6. The van der Waals surface area contributed by atoms with Gasteiger partial charge in [-0.1, -0.05) is 29.8 Å². The maximum atomic E-state index is 14.1. The fourth-order valence-corrected chi connectivity index (χ4v) is 4.65. The van der Waals surface area contributed by atoms with E-state index in [-0.39, 0.29) is 31.0 Å². The Morgan fingerprint density at radius 3 is 2.76 bits per heavy atom. The van der Waals surface area contributed by atoms with Gasteiger partial charge in [0.2, 0.25) is 0 Å². The lowest BCUT2D eigenvalue weighted by atomic mass is 9.90. The van der Waals surface area contributed by atoms with Crippen molar-refractivity contribution in [1.82, 2.24) is 9.47 Å². The topological polar surface area (TPSA) is 60.8 Å². The third-order valence-corrected chi connectivity index (χ3v) is 6.51. The summed E-state index contributed by atoms with van der Waals surface area (Å²) in [5, 5.41) is 1.31. The highest BCUT2D eigenvalue weighted by atomic mass is 35.5. The van der Waals surface area contributed by atoms with Crippen LogP contribution in [0.2, 0.25) is 5.02 Å². The average molecular weight is 473 g/mol. The minimum absolute atomic E-state index is 0.0751. The van der Waals surface area contributed by atoms with Crippen LogP contribution in [0.25, 0.3) is 10.9 Å². The highest BCUT2D eigenvalue weighted by Crippen LogP contribution is 2.34. The number of hydrogen-bond donors (Lipinski definition) is 0. The molecule has 0 saturated heterocycles. The number of benzene rings is 2. The van der Waals surface area contributed by atoms with Crippen LogP contribution < -0.4 is 0 Å². The molecule has 33 heavy (non-hydrogen) atoms. The van der Waals surface area contributed by atoms with Crippen molar-refractivity contribution < 1.29 is 23.5 Å². The van der Waals surface area contributed by atoms with E-state index in [1.165, 1.54) is 12.1 Å². The molecule has 174 valence electrons. The number of fused-ring (bicyclic) bond motifs is 3. The smallest absolute Gasteiger partial charge is 0.410 e. The second kappa shape index (κ2) is 9.83. The lowest BCUT2D eigenvalue weighted by molar-refractivity contribution is -0.143. The standard InChI is InChI=1S/C25H26ClFN2O4/c1-3-32-24(30)14-29-22-10-8-17(27)12-19(22)20-13-18(9-11-23(20)29)28(2)25(31)33-15-16-6-4-5-7-21(16)26/h4-8,10,12,18H,3,9,11,13-15H2,1-2H3/t18-/m0/s1. The molecule has 3 aromatic rings. The van der Waals surface area contributed by atoms with E-state index in [0.29, 0.717) is 30.9 Å². The van der Waals surface area contributed by atoms with Gasteiger partial charge in [-0.05, 0) is 56.0 Å². The molecule has 1 aliphatic rings. The lowest BCUT2D eigenvalue weighted by Gasteiger charge is -2.31. The Labute approximate surface area is 196 Å². The van der Waals surface area contributed by atoms with Crippen molar-refractivity contribution in [1.29, 1.82) is 0 Å². The van der Waals surface area contributed by atoms with Crippen LogP contribution in [-0.2, 0) is 40.3 Å². The number of aromatic nitrogens is 1. The summed E-state index contributed by atoms with van der Waals surface area (Å²) < 4.78 is 26.6. The second-order valence-corrected chi connectivity index (χ2v) is 8.54. The van der Waals surface area contributed by atoms with E-state index >= 15 is 0 Å². The average Bonchev–Trinajstić information content (AvgIpc) is 3.10. The van der Waals surface area contributed by atoms with E-state index < -0.39 is 6.09 Å².